The van der Waals surface area contributed by atoms with E-state index in [9.17, 15) is 8.42 Å². The molecule has 0 unspecified atom stereocenters. The molecule has 5 rings (SSSR count). The van der Waals surface area contributed by atoms with Crippen molar-refractivity contribution in [1.29, 1.82) is 0 Å². The van der Waals surface area contributed by atoms with Gasteiger partial charge in [0.2, 0.25) is 0 Å². The van der Waals surface area contributed by atoms with E-state index in [1.54, 1.807) is 17.7 Å². The lowest BCUT2D eigenvalue weighted by molar-refractivity contribution is 0.536. The van der Waals surface area contributed by atoms with Crippen LogP contribution >= 0.6 is 0 Å². The highest BCUT2D eigenvalue weighted by atomic mass is 32.2. The Morgan fingerprint density at radius 3 is 2.33 bits per heavy atom. The molecule has 0 N–H and O–H groups in total. The van der Waals surface area contributed by atoms with Crippen LogP contribution in [0.2, 0.25) is 0 Å². The highest BCUT2D eigenvalue weighted by molar-refractivity contribution is 7.92. The lowest BCUT2D eigenvalue weighted by Gasteiger charge is -2.28. The van der Waals surface area contributed by atoms with Crippen LogP contribution in [-0.2, 0) is 9.84 Å². The molecule has 0 aliphatic heterocycles. The fourth-order valence-corrected chi connectivity index (χ4v) is 7.39. The molecule has 1 fully saturated rings. The fraction of sp³-hybridized carbons (Fsp3) is 0.444. The van der Waals surface area contributed by atoms with Crippen molar-refractivity contribution in [1.82, 2.24) is 0 Å². The van der Waals surface area contributed by atoms with Crippen LogP contribution < -0.4 is 0 Å². The van der Waals surface area contributed by atoms with Gasteiger partial charge in [-0.2, -0.15) is 0 Å². The third-order valence-corrected chi connectivity index (χ3v) is 8.28. The van der Waals surface area contributed by atoms with Crippen LogP contribution in [-0.4, -0.2) is 13.7 Å². The summed E-state index contributed by atoms with van der Waals surface area (Å²) in [6.07, 6.45) is 7.81. The van der Waals surface area contributed by atoms with Crippen LogP contribution in [0.25, 0.3) is 0 Å². The Labute approximate surface area is 125 Å². The molecule has 4 aliphatic rings. The minimum absolute atomic E-state index is 0.184. The minimum Gasteiger partial charge on any atom is -0.223 e. The second-order valence-electron chi connectivity index (χ2n) is 6.92. The van der Waals surface area contributed by atoms with E-state index < -0.39 is 9.84 Å². The number of hydrogen-bond acceptors (Lipinski definition) is 2. The first-order valence-corrected chi connectivity index (χ1v) is 9.42. The molecule has 0 amide bonds. The van der Waals surface area contributed by atoms with E-state index in [4.69, 9.17) is 0 Å². The van der Waals surface area contributed by atoms with Gasteiger partial charge in [0.15, 0.2) is 9.84 Å². The fourth-order valence-electron chi connectivity index (χ4n) is 5.32. The summed E-state index contributed by atoms with van der Waals surface area (Å²) < 4.78 is 26.0. The summed E-state index contributed by atoms with van der Waals surface area (Å²) >= 11 is 0. The molecule has 0 aromatic heterocycles. The average Bonchev–Trinajstić information content (AvgIpc) is 3.26. The molecule has 5 atom stereocenters. The summed E-state index contributed by atoms with van der Waals surface area (Å²) in [5, 5.41) is -0.184. The van der Waals surface area contributed by atoms with Crippen LogP contribution in [0.3, 0.4) is 0 Å². The van der Waals surface area contributed by atoms with Crippen molar-refractivity contribution in [3.05, 3.63) is 53.6 Å². The van der Waals surface area contributed by atoms with Gasteiger partial charge in [-0.1, -0.05) is 41.5 Å². The van der Waals surface area contributed by atoms with Gasteiger partial charge in [0, 0.05) is 0 Å². The van der Waals surface area contributed by atoms with E-state index in [1.807, 2.05) is 18.2 Å². The Bertz CT molecular complexity index is 773. The van der Waals surface area contributed by atoms with E-state index in [0.717, 1.165) is 12.8 Å². The number of rotatable bonds is 2. The summed E-state index contributed by atoms with van der Waals surface area (Å²) in [7, 11) is -3.18. The van der Waals surface area contributed by atoms with Gasteiger partial charge in [-0.05, 0) is 55.1 Å². The number of hydrogen-bond donors (Lipinski definition) is 0. The summed E-state index contributed by atoms with van der Waals surface area (Å²) in [4.78, 5) is 0.503. The van der Waals surface area contributed by atoms with Crippen molar-refractivity contribution in [2.24, 2.45) is 23.7 Å². The Hall–Kier alpha value is -1.35. The normalized spacial score (nSPS) is 39.3. The van der Waals surface area contributed by atoms with Crippen molar-refractivity contribution in [3.8, 4) is 0 Å². The second kappa shape index (κ2) is 3.89. The Morgan fingerprint density at radius 2 is 1.57 bits per heavy atom. The van der Waals surface area contributed by atoms with Gasteiger partial charge in [0.25, 0.3) is 0 Å². The quantitative estimate of drug-likeness (QED) is 0.619. The predicted octanol–water partition coefficient (Wildman–Crippen LogP) is 3.37. The smallest absolute Gasteiger partial charge is 0.181 e. The van der Waals surface area contributed by atoms with Crippen LogP contribution in [0.4, 0.5) is 0 Å². The summed E-state index contributed by atoms with van der Waals surface area (Å²) in [5.41, 5.74) is 3.15. The van der Waals surface area contributed by atoms with Crippen LogP contribution in [0, 0.1) is 23.7 Å². The first-order valence-electron chi connectivity index (χ1n) is 7.87. The third-order valence-electron chi connectivity index (χ3n) is 6.03. The SMILES string of the molecule is O=S(=O)(c1ccccc1)[C@H]1C[C@@H]2C[C@@H]1C1=C2[C@H]2C=C[C@H]1C2. The van der Waals surface area contributed by atoms with Crippen LogP contribution in [0.5, 0.6) is 0 Å². The summed E-state index contributed by atoms with van der Waals surface area (Å²) in [5.74, 6) is 2.01. The molecule has 0 saturated heterocycles. The van der Waals surface area contributed by atoms with E-state index in [2.05, 4.69) is 12.2 Å². The van der Waals surface area contributed by atoms with Crippen LogP contribution in [0.15, 0.2) is 58.5 Å². The molecular formula is C18H18O2S. The number of fused-ring (bicyclic) bond motifs is 8. The standard InChI is InChI=1S/C18H18O2S/c19-21(20,14-4-2-1-3-5-14)16-10-13-9-15(16)18-12-7-6-11(8-12)17(13)18/h1-7,11-13,15-16H,8-10H2/t11-,12-,13-,15-,16-/m0/s1. The highest BCUT2D eigenvalue weighted by Crippen LogP contribution is 2.62. The molecule has 4 aliphatic carbocycles. The molecule has 108 valence electrons. The Kier molecular flexibility index (Phi) is 2.26. The molecule has 1 saturated carbocycles. The molecule has 21 heavy (non-hydrogen) atoms. The Balaban J connectivity index is 1.56. The van der Waals surface area contributed by atoms with Gasteiger partial charge in [0.1, 0.15) is 0 Å². The topological polar surface area (TPSA) is 34.1 Å². The zero-order chi connectivity index (χ0) is 14.2. The Morgan fingerprint density at radius 1 is 0.857 bits per heavy atom. The first kappa shape index (κ1) is 12.2. The molecule has 1 aromatic rings. The largest absolute Gasteiger partial charge is 0.223 e. The van der Waals surface area contributed by atoms with Gasteiger partial charge in [-0.25, -0.2) is 8.42 Å². The van der Waals surface area contributed by atoms with Crippen molar-refractivity contribution in [3.63, 3.8) is 0 Å². The minimum atomic E-state index is -3.18. The van der Waals surface area contributed by atoms with Crippen molar-refractivity contribution in [2.45, 2.75) is 29.4 Å². The van der Waals surface area contributed by atoms with Crippen molar-refractivity contribution in [2.75, 3.05) is 0 Å². The molecule has 0 heterocycles. The van der Waals surface area contributed by atoms with Crippen molar-refractivity contribution < 1.29 is 8.42 Å². The lowest BCUT2D eigenvalue weighted by atomic mass is 9.85. The molecular weight excluding hydrogens is 280 g/mol. The second-order valence-corrected chi connectivity index (χ2v) is 9.08. The van der Waals surface area contributed by atoms with Gasteiger partial charge in [0.05, 0.1) is 10.1 Å². The first-order chi connectivity index (χ1) is 10.2. The zero-order valence-electron chi connectivity index (χ0n) is 11.8. The van der Waals surface area contributed by atoms with E-state index in [1.165, 1.54) is 12.0 Å². The zero-order valence-corrected chi connectivity index (χ0v) is 12.6. The molecule has 4 bridgehead atoms. The molecule has 0 spiro atoms. The number of allylic oxidation sites excluding steroid dienone is 4. The van der Waals surface area contributed by atoms with E-state index in [-0.39, 0.29) is 11.2 Å². The van der Waals surface area contributed by atoms with E-state index in [0.29, 0.717) is 22.6 Å². The molecule has 1 aromatic carbocycles. The number of sulfone groups is 1. The molecule has 0 radical (unpaired) electrons. The maximum absolute atomic E-state index is 13.0. The number of benzene rings is 1. The van der Waals surface area contributed by atoms with Crippen molar-refractivity contribution >= 4 is 9.84 Å². The van der Waals surface area contributed by atoms with Gasteiger partial charge in [-0.3, -0.25) is 0 Å². The highest BCUT2D eigenvalue weighted by Gasteiger charge is 2.56. The summed E-state index contributed by atoms with van der Waals surface area (Å²) in [6.45, 7) is 0. The van der Waals surface area contributed by atoms with Gasteiger partial charge < -0.3 is 0 Å². The lowest BCUT2D eigenvalue weighted by Crippen LogP contribution is -2.30. The van der Waals surface area contributed by atoms with Crippen LogP contribution in [0.1, 0.15) is 19.3 Å². The summed E-state index contributed by atoms with van der Waals surface area (Å²) in [6, 6.07) is 9.02. The monoisotopic (exact) mass is 298 g/mol. The maximum atomic E-state index is 13.0. The average molecular weight is 298 g/mol. The van der Waals surface area contributed by atoms with Gasteiger partial charge >= 0.3 is 0 Å². The molecule has 2 nitrogen and oxygen atoms in total. The maximum Gasteiger partial charge on any atom is 0.181 e. The molecule has 3 heteroatoms. The predicted molar refractivity (Wildman–Crippen MR) is 81.4 cm³/mol. The van der Waals surface area contributed by atoms with E-state index >= 15 is 0 Å². The third kappa shape index (κ3) is 1.45. The van der Waals surface area contributed by atoms with Gasteiger partial charge in [-0.15, -0.1) is 0 Å².